The van der Waals surface area contributed by atoms with E-state index in [-0.39, 0.29) is 24.4 Å². The number of rotatable bonds is 6. The smallest absolute Gasteiger partial charge is 0.406 e. The van der Waals surface area contributed by atoms with Gasteiger partial charge in [-0.25, -0.2) is 0 Å². The van der Waals surface area contributed by atoms with Gasteiger partial charge in [-0.2, -0.15) is 0 Å². The first kappa shape index (κ1) is 14.2. The third-order valence-electron chi connectivity index (χ3n) is 2.83. The van der Waals surface area contributed by atoms with Crippen LogP contribution in [-0.2, 0) is 9.53 Å². The lowest BCUT2D eigenvalue weighted by atomic mass is 10.2. The molecular formula is C12H15N3O5. The number of aromatic nitrogens is 1. The van der Waals surface area contributed by atoms with Crippen LogP contribution >= 0.6 is 0 Å². The number of hydrogen-bond acceptors (Lipinski definition) is 6. The second-order valence-electron chi connectivity index (χ2n) is 4.31. The van der Waals surface area contributed by atoms with E-state index < -0.39 is 10.7 Å². The lowest BCUT2D eigenvalue weighted by Gasteiger charge is -2.11. The Labute approximate surface area is 115 Å². The van der Waals surface area contributed by atoms with Gasteiger partial charge in [-0.15, -0.1) is 0 Å². The van der Waals surface area contributed by atoms with Crippen LogP contribution in [0.5, 0.6) is 5.75 Å². The third kappa shape index (κ3) is 3.89. The maximum atomic E-state index is 11.6. The van der Waals surface area contributed by atoms with E-state index in [0.29, 0.717) is 6.54 Å². The highest BCUT2D eigenvalue weighted by molar-refractivity contribution is 5.77. The van der Waals surface area contributed by atoms with E-state index in [1.165, 1.54) is 18.3 Å². The third-order valence-corrected chi connectivity index (χ3v) is 2.83. The number of amides is 1. The Morgan fingerprint density at radius 2 is 2.50 bits per heavy atom. The fourth-order valence-electron chi connectivity index (χ4n) is 1.86. The summed E-state index contributed by atoms with van der Waals surface area (Å²) in [5.74, 6) is -0.775. The Hall–Kier alpha value is -2.22. The molecule has 0 bridgehead atoms. The van der Waals surface area contributed by atoms with Crippen LogP contribution in [0.15, 0.2) is 18.3 Å². The van der Waals surface area contributed by atoms with Crippen molar-refractivity contribution in [2.75, 3.05) is 19.8 Å². The molecule has 0 saturated carbocycles. The van der Waals surface area contributed by atoms with Crippen LogP contribution in [0.3, 0.4) is 0 Å². The van der Waals surface area contributed by atoms with E-state index in [1.54, 1.807) is 0 Å². The van der Waals surface area contributed by atoms with Crippen molar-refractivity contribution >= 4 is 11.7 Å². The molecule has 20 heavy (non-hydrogen) atoms. The summed E-state index contributed by atoms with van der Waals surface area (Å²) in [5.41, 5.74) is 0. The summed E-state index contributed by atoms with van der Waals surface area (Å²) >= 11 is 0. The van der Waals surface area contributed by atoms with Crippen molar-refractivity contribution in [3.05, 3.63) is 28.4 Å². The number of nitrogens with one attached hydrogen (secondary N) is 1. The minimum Gasteiger partial charge on any atom is -0.476 e. The molecular weight excluding hydrogens is 266 g/mol. The molecule has 1 fully saturated rings. The van der Waals surface area contributed by atoms with E-state index in [1.807, 2.05) is 0 Å². The minimum atomic E-state index is -0.653. The van der Waals surface area contributed by atoms with Crippen molar-refractivity contribution in [3.8, 4) is 5.75 Å². The van der Waals surface area contributed by atoms with E-state index >= 15 is 0 Å². The van der Waals surface area contributed by atoms with Crippen molar-refractivity contribution in [1.82, 2.24) is 10.3 Å². The molecule has 1 aliphatic heterocycles. The first-order chi connectivity index (χ1) is 9.66. The van der Waals surface area contributed by atoms with E-state index in [4.69, 9.17) is 9.47 Å². The summed E-state index contributed by atoms with van der Waals surface area (Å²) < 4.78 is 10.5. The average molecular weight is 281 g/mol. The summed E-state index contributed by atoms with van der Waals surface area (Å²) in [4.78, 5) is 25.2. The van der Waals surface area contributed by atoms with Gasteiger partial charge in [0.1, 0.15) is 6.20 Å². The quantitative estimate of drug-likeness (QED) is 0.607. The Morgan fingerprint density at radius 3 is 3.20 bits per heavy atom. The SMILES string of the molecule is O=C(COc1cccnc1[N+](=O)[O-])NC[C@@H]1CCCO1. The molecule has 8 heteroatoms. The van der Waals surface area contributed by atoms with E-state index in [9.17, 15) is 14.9 Å². The molecule has 1 saturated heterocycles. The maximum absolute atomic E-state index is 11.6. The molecule has 1 aliphatic rings. The van der Waals surface area contributed by atoms with Crippen molar-refractivity contribution in [1.29, 1.82) is 0 Å². The molecule has 1 amide bonds. The highest BCUT2D eigenvalue weighted by Gasteiger charge is 2.18. The fourth-order valence-corrected chi connectivity index (χ4v) is 1.86. The molecule has 0 unspecified atom stereocenters. The lowest BCUT2D eigenvalue weighted by molar-refractivity contribution is -0.390. The predicted octanol–water partition coefficient (Wildman–Crippen LogP) is 0.664. The Bertz CT molecular complexity index is 488. The van der Waals surface area contributed by atoms with Gasteiger partial charge in [-0.1, -0.05) is 0 Å². The molecule has 0 aliphatic carbocycles. The second-order valence-corrected chi connectivity index (χ2v) is 4.31. The number of pyridine rings is 1. The van der Waals surface area contributed by atoms with Crippen molar-refractivity contribution < 1.29 is 19.2 Å². The van der Waals surface area contributed by atoms with E-state index in [2.05, 4.69) is 10.3 Å². The number of nitrogens with zero attached hydrogens (tertiary/aromatic N) is 2. The van der Waals surface area contributed by atoms with Crippen LogP contribution in [0, 0.1) is 10.1 Å². The summed E-state index contributed by atoms with van der Waals surface area (Å²) in [6.45, 7) is 0.857. The number of nitro groups is 1. The van der Waals surface area contributed by atoms with Gasteiger partial charge in [0.25, 0.3) is 5.91 Å². The summed E-state index contributed by atoms with van der Waals surface area (Å²) in [6.07, 6.45) is 3.27. The first-order valence-electron chi connectivity index (χ1n) is 6.27. The van der Waals surface area contributed by atoms with Crippen LogP contribution in [0.25, 0.3) is 0 Å². The molecule has 1 aromatic heterocycles. The molecule has 8 nitrogen and oxygen atoms in total. The topological polar surface area (TPSA) is 104 Å². The number of carbonyl (C=O) groups excluding carboxylic acids is 1. The molecule has 2 rings (SSSR count). The molecule has 1 atom stereocenters. The van der Waals surface area contributed by atoms with Gasteiger partial charge in [-0.3, -0.25) is 4.79 Å². The van der Waals surface area contributed by atoms with Gasteiger partial charge in [0.15, 0.2) is 6.61 Å². The van der Waals surface area contributed by atoms with Crippen molar-refractivity contribution in [2.24, 2.45) is 0 Å². The Kier molecular flexibility index (Phi) is 4.83. The molecule has 2 heterocycles. The second kappa shape index (κ2) is 6.80. The van der Waals surface area contributed by atoms with Gasteiger partial charge < -0.3 is 24.9 Å². The normalized spacial score (nSPS) is 17.7. The zero-order valence-electron chi connectivity index (χ0n) is 10.8. The van der Waals surface area contributed by atoms with Crippen molar-refractivity contribution in [2.45, 2.75) is 18.9 Å². The van der Waals surface area contributed by atoms with Gasteiger partial charge in [0, 0.05) is 13.2 Å². The van der Waals surface area contributed by atoms with Crippen LogP contribution in [0.1, 0.15) is 12.8 Å². The Morgan fingerprint density at radius 1 is 1.65 bits per heavy atom. The number of carbonyl (C=O) groups is 1. The molecule has 0 aromatic carbocycles. The predicted molar refractivity (Wildman–Crippen MR) is 68.4 cm³/mol. The van der Waals surface area contributed by atoms with Crippen LogP contribution in [0.2, 0.25) is 0 Å². The van der Waals surface area contributed by atoms with E-state index in [0.717, 1.165) is 19.4 Å². The summed E-state index contributed by atoms with van der Waals surface area (Å²) in [7, 11) is 0. The molecule has 0 spiro atoms. The summed E-state index contributed by atoms with van der Waals surface area (Å²) in [6, 6.07) is 2.91. The molecule has 0 radical (unpaired) electrons. The number of hydrogen-bond donors (Lipinski definition) is 1. The monoisotopic (exact) mass is 281 g/mol. The highest BCUT2D eigenvalue weighted by Crippen LogP contribution is 2.22. The minimum absolute atomic E-state index is 0.0234. The molecule has 108 valence electrons. The van der Waals surface area contributed by atoms with Gasteiger partial charge in [0.2, 0.25) is 5.75 Å². The maximum Gasteiger partial charge on any atom is 0.406 e. The summed E-state index contributed by atoms with van der Waals surface area (Å²) in [5, 5.41) is 13.4. The zero-order valence-corrected chi connectivity index (χ0v) is 10.8. The lowest BCUT2D eigenvalue weighted by Crippen LogP contribution is -2.35. The first-order valence-corrected chi connectivity index (χ1v) is 6.27. The van der Waals surface area contributed by atoms with Crippen LogP contribution in [0.4, 0.5) is 5.82 Å². The largest absolute Gasteiger partial charge is 0.476 e. The highest BCUT2D eigenvalue weighted by atomic mass is 16.6. The van der Waals surface area contributed by atoms with Crippen molar-refractivity contribution in [3.63, 3.8) is 0 Å². The fraction of sp³-hybridized carbons (Fsp3) is 0.500. The van der Waals surface area contributed by atoms with Crippen LogP contribution in [-0.4, -0.2) is 41.7 Å². The number of ether oxygens (including phenoxy) is 2. The Balaban J connectivity index is 1.79. The van der Waals surface area contributed by atoms with Crippen LogP contribution < -0.4 is 10.1 Å². The molecule has 1 N–H and O–H groups in total. The van der Waals surface area contributed by atoms with Gasteiger partial charge in [-0.05, 0) is 34.9 Å². The standard InChI is InChI=1S/C12H15N3O5/c16-11(14-7-9-3-2-6-19-9)8-20-10-4-1-5-13-12(10)15(17)18/h1,4-5,9H,2-3,6-8H2,(H,14,16)/t9-/m0/s1. The zero-order chi connectivity index (χ0) is 14.4. The van der Waals surface area contributed by atoms with Gasteiger partial charge >= 0.3 is 5.82 Å². The van der Waals surface area contributed by atoms with Gasteiger partial charge in [0.05, 0.1) is 6.10 Å². The average Bonchev–Trinajstić information content (AvgIpc) is 2.96. The molecule has 1 aromatic rings.